The lowest BCUT2D eigenvalue weighted by molar-refractivity contribution is 0.802. The summed E-state index contributed by atoms with van der Waals surface area (Å²) in [5, 5.41) is 5.07. The molecule has 51 heavy (non-hydrogen) atoms. The van der Waals surface area contributed by atoms with Crippen molar-refractivity contribution in [2.24, 2.45) is 0 Å². The van der Waals surface area contributed by atoms with Gasteiger partial charge in [-0.1, -0.05) is 146 Å². The van der Waals surface area contributed by atoms with E-state index < -0.39 is 5.41 Å². The Hall–Kier alpha value is -6.64. The third kappa shape index (κ3) is 3.82. The number of pyridine rings is 2. The minimum absolute atomic E-state index is 0.483. The molecule has 0 atom stereocenters. The first-order valence-corrected chi connectivity index (χ1v) is 17.6. The van der Waals surface area contributed by atoms with E-state index in [-0.39, 0.29) is 0 Å². The molecule has 0 bridgehead atoms. The summed E-state index contributed by atoms with van der Waals surface area (Å²) in [6, 6.07) is 64.2. The Kier molecular flexibility index (Phi) is 5.91. The van der Waals surface area contributed by atoms with Gasteiger partial charge in [0, 0.05) is 11.8 Å². The minimum atomic E-state index is -0.483. The molecule has 0 aliphatic heterocycles. The van der Waals surface area contributed by atoms with Gasteiger partial charge < -0.3 is 0 Å². The summed E-state index contributed by atoms with van der Waals surface area (Å²) in [5.74, 6) is 0. The first-order valence-electron chi connectivity index (χ1n) is 17.6. The Morgan fingerprint density at radius 1 is 0.353 bits per heavy atom. The summed E-state index contributed by atoms with van der Waals surface area (Å²) < 4.78 is 0. The van der Waals surface area contributed by atoms with Crippen LogP contribution in [0.4, 0.5) is 0 Å². The van der Waals surface area contributed by atoms with Crippen molar-refractivity contribution in [3.05, 3.63) is 204 Å². The lowest BCUT2D eigenvalue weighted by Crippen LogP contribution is -2.26. The SMILES string of the molecule is c1ccc(-c2cccc(-c3ccccc3-c3cc4c(c5ccccc35)-c3ccc5ccccc5c3C43c4ccccc4-c4ccccc43)n2)nc1. The van der Waals surface area contributed by atoms with Crippen LogP contribution in [0.3, 0.4) is 0 Å². The predicted molar refractivity (Wildman–Crippen MR) is 210 cm³/mol. The number of fused-ring (bicyclic) bond motifs is 14. The summed E-state index contributed by atoms with van der Waals surface area (Å²) in [5.41, 5.74) is 16.3. The molecule has 7 aromatic carbocycles. The van der Waals surface area contributed by atoms with Crippen LogP contribution in [-0.4, -0.2) is 9.97 Å². The van der Waals surface area contributed by atoms with Crippen LogP contribution >= 0.6 is 0 Å². The topological polar surface area (TPSA) is 25.8 Å². The van der Waals surface area contributed by atoms with Gasteiger partial charge in [0.15, 0.2) is 0 Å². The van der Waals surface area contributed by atoms with Crippen molar-refractivity contribution in [2.75, 3.05) is 0 Å². The van der Waals surface area contributed by atoms with Crippen LogP contribution in [0.1, 0.15) is 22.3 Å². The van der Waals surface area contributed by atoms with Gasteiger partial charge in [0.05, 0.1) is 22.5 Å². The average Bonchev–Trinajstić information content (AvgIpc) is 3.68. The van der Waals surface area contributed by atoms with Crippen LogP contribution in [0.2, 0.25) is 0 Å². The van der Waals surface area contributed by atoms with Gasteiger partial charge in [-0.2, -0.15) is 0 Å². The summed E-state index contributed by atoms with van der Waals surface area (Å²) in [7, 11) is 0. The Morgan fingerprint density at radius 2 is 0.961 bits per heavy atom. The molecule has 2 aliphatic carbocycles. The summed E-state index contributed by atoms with van der Waals surface area (Å²) in [6.45, 7) is 0. The van der Waals surface area contributed by atoms with Crippen molar-refractivity contribution in [3.63, 3.8) is 0 Å². The number of aromatic nitrogens is 2. The largest absolute Gasteiger partial charge is 0.255 e. The highest BCUT2D eigenvalue weighted by atomic mass is 14.8. The van der Waals surface area contributed by atoms with Crippen molar-refractivity contribution in [1.82, 2.24) is 9.97 Å². The van der Waals surface area contributed by atoms with Crippen LogP contribution in [0.25, 0.3) is 77.6 Å². The molecule has 2 heteroatoms. The van der Waals surface area contributed by atoms with Gasteiger partial charge in [-0.05, 0) is 108 Å². The van der Waals surface area contributed by atoms with E-state index in [9.17, 15) is 0 Å². The second-order valence-corrected chi connectivity index (χ2v) is 13.6. The number of benzene rings is 7. The average molecular weight is 647 g/mol. The monoisotopic (exact) mass is 646 g/mol. The van der Waals surface area contributed by atoms with Crippen LogP contribution in [0.15, 0.2) is 182 Å². The molecule has 236 valence electrons. The molecule has 0 unspecified atom stereocenters. The van der Waals surface area contributed by atoms with E-state index in [1.165, 1.54) is 71.6 Å². The fourth-order valence-electron chi connectivity index (χ4n) is 9.18. The Labute approximate surface area is 296 Å². The Morgan fingerprint density at radius 3 is 1.73 bits per heavy atom. The fraction of sp³-hybridized carbons (Fsp3) is 0.0204. The third-order valence-corrected chi connectivity index (χ3v) is 11.1. The second kappa shape index (κ2) is 10.7. The molecular formula is C49H30N2. The van der Waals surface area contributed by atoms with Crippen molar-refractivity contribution in [3.8, 4) is 56.0 Å². The Balaban J connectivity index is 1.27. The van der Waals surface area contributed by atoms with E-state index in [4.69, 9.17) is 4.98 Å². The predicted octanol–water partition coefficient (Wildman–Crippen LogP) is 12.1. The number of hydrogen-bond acceptors (Lipinski definition) is 2. The minimum Gasteiger partial charge on any atom is -0.255 e. The van der Waals surface area contributed by atoms with E-state index in [0.29, 0.717) is 0 Å². The molecule has 0 fully saturated rings. The van der Waals surface area contributed by atoms with Crippen LogP contribution in [0.5, 0.6) is 0 Å². The zero-order valence-electron chi connectivity index (χ0n) is 27.7. The molecule has 2 heterocycles. The maximum absolute atomic E-state index is 5.19. The molecule has 1 spiro atoms. The molecule has 0 saturated heterocycles. The van der Waals surface area contributed by atoms with Gasteiger partial charge in [0.1, 0.15) is 0 Å². The lowest BCUT2D eigenvalue weighted by atomic mass is 9.69. The first kappa shape index (κ1) is 28.2. The zero-order chi connectivity index (χ0) is 33.5. The van der Waals surface area contributed by atoms with Crippen LogP contribution < -0.4 is 0 Å². The molecule has 0 N–H and O–H groups in total. The molecule has 9 aromatic rings. The molecule has 0 radical (unpaired) electrons. The van der Waals surface area contributed by atoms with Gasteiger partial charge in [0.25, 0.3) is 0 Å². The quantitative estimate of drug-likeness (QED) is 0.191. The van der Waals surface area contributed by atoms with E-state index >= 15 is 0 Å². The molecule has 0 saturated carbocycles. The highest BCUT2D eigenvalue weighted by Gasteiger charge is 2.53. The van der Waals surface area contributed by atoms with E-state index in [1.54, 1.807) is 0 Å². The van der Waals surface area contributed by atoms with Gasteiger partial charge in [0.2, 0.25) is 0 Å². The fourth-order valence-corrected chi connectivity index (χ4v) is 9.18. The normalized spacial score (nSPS) is 13.3. The number of hydrogen-bond donors (Lipinski definition) is 0. The molecule has 2 aromatic heterocycles. The van der Waals surface area contributed by atoms with Crippen LogP contribution in [0, 0.1) is 0 Å². The highest BCUT2D eigenvalue weighted by Crippen LogP contribution is 2.65. The number of nitrogens with zero attached hydrogens (tertiary/aromatic N) is 2. The smallest absolute Gasteiger partial charge is 0.0893 e. The molecule has 2 aliphatic rings. The maximum atomic E-state index is 5.19. The summed E-state index contributed by atoms with van der Waals surface area (Å²) in [6.07, 6.45) is 1.82. The van der Waals surface area contributed by atoms with Crippen molar-refractivity contribution in [2.45, 2.75) is 5.41 Å². The van der Waals surface area contributed by atoms with Crippen LogP contribution in [-0.2, 0) is 5.41 Å². The molecular weight excluding hydrogens is 617 g/mol. The third-order valence-electron chi connectivity index (χ3n) is 11.1. The summed E-state index contributed by atoms with van der Waals surface area (Å²) in [4.78, 5) is 9.79. The molecule has 11 rings (SSSR count). The zero-order valence-corrected chi connectivity index (χ0v) is 27.7. The molecule has 0 amide bonds. The van der Waals surface area contributed by atoms with Crippen molar-refractivity contribution < 1.29 is 0 Å². The van der Waals surface area contributed by atoms with Gasteiger partial charge >= 0.3 is 0 Å². The van der Waals surface area contributed by atoms with Gasteiger partial charge in [-0.15, -0.1) is 0 Å². The maximum Gasteiger partial charge on any atom is 0.0893 e. The van der Waals surface area contributed by atoms with Crippen molar-refractivity contribution in [1.29, 1.82) is 0 Å². The summed E-state index contributed by atoms with van der Waals surface area (Å²) >= 11 is 0. The molecule has 2 nitrogen and oxygen atoms in total. The van der Waals surface area contributed by atoms with Gasteiger partial charge in [-0.25, -0.2) is 4.98 Å². The lowest BCUT2D eigenvalue weighted by Gasteiger charge is -2.32. The number of rotatable bonds is 3. The van der Waals surface area contributed by atoms with Crippen molar-refractivity contribution >= 4 is 21.5 Å². The van der Waals surface area contributed by atoms with E-state index in [0.717, 1.165) is 28.2 Å². The highest BCUT2D eigenvalue weighted by molar-refractivity contribution is 6.14. The first-order chi connectivity index (χ1) is 25.3. The van der Waals surface area contributed by atoms with E-state index in [1.807, 2.05) is 30.5 Å². The second-order valence-electron chi connectivity index (χ2n) is 13.6. The van der Waals surface area contributed by atoms with Gasteiger partial charge in [-0.3, -0.25) is 4.98 Å². The standard InChI is InChI=1S/C49H30N2/c1-2-15-32-31(14-1)27-28-39-47-38-21-6-4-17-34(38)40(33-16-3-5-20-37(33)44-25-13-26-46(51-44)45-24-11-12-29-50-45)30-43(47)49(48(32)39)41-22-9-7-18-35(41)36-19-8-10-23-42(36)49/h1-30H. The Bertz CT molecular complexity index is 2820. The van der Waals surface area contributed by atoms with E-state index in [2.05, 4.69) is 157 Å².